The van der Waals surface area contributed by atoms with Crippen molar-refractivity contribution < 1.29 is 4.74 Å². The Kier molecular flexibility index (Phi) is 4.69. The molecule has 0 aromatic heterocycles. The predicted octanol–water partition coefficient (Wildman–Crippen LogP) is 2.90. The molecule has 20 heavy (non-hydrogen) atoms. The van der Waals surface area contributed by atoms with Crippen molar-refractivity contribution in [3.63, 3.8) is 0 Å². The van der Waals surface area contributed by atoms with E-state index < -0.39 is 0 Å². The largest absolute Gasteiger partial charge is 0.479 e. The molecule has 0 amide bonds. The van der Waals surface area contributed by atoms with Crippen LogP contribution in [0.2, 0.25) is 0 Å². The van der Waals surface area contributed by atoms with Crippen LogP contribution in [0, 0.1) is 0 Å². The molecule has 0 saturated carbocycles. The van der Waals surface area contributed by atoms with Gasteiger partial charge in [0.25, 0.3) is 0 Å². The minimum absolute atomic E-state index is 0.314. The maximum absolute atomic E-state index is 5.75. The third-order valence-corrected chi connectivity index (χ3v) is 4.17. The highest BCUT2D eigenvalue weighted by molar-refractivity contribution is 5.77. The number of rotatable bonds is 5. The zero-order valence-corrected chi connectivity index (χ0v) is 12.1. The molecule has 108 valence electrons. The topological polar surface area (TPSA) is 24.8 Å². The van der Waals surface area contributed by atoms with Gasteiger partial charge in [-0.25, -0.2) is 4.99 Å². The molecule has 2 aliphatic rings. The van der Waals surface area contributed by atoms with Gasteiger partial charge < -0.3 is 9.64 Å². The molecular formula is C17H24N2O. The first-order valence-corrected chi connectivity index (χ1v) is 7.86. The van der Waals surface area contributed by atoms with Crippen molar-refractivity contribution in [3.05, 3.63) is 35.9 Å². The number of ether oxygens (including phenoxy) is 1. The van der Waals surface area contributed by atoms with Crippen molar-refractivity contribution in [1.82, 2.24) is 4.90 Å². The van der Waals surface area contributed by atoms with Crippen molar-refractivity contribution in [2.75, 3.05) is 26.2 Å². The van der Waals surface area contributed by atoms with Crippen LogP contribution in [0.1, 0.15) is 31.2 Å². The van der Waals surface area contributed by atoms with Gasteiger partial charge in [-0.3, -0.25) is 0 Å². The second kappa shape index (κ2) is 6.89. The van der Waals surface area contributed by atoms with Gasteiger partial charge in [-0.05, 0) is 37.9 Å². The van der Waals surface area contributed by atoms with Crippen molar-refractivity contribution in [2.45, 2.75) is 38.1 Å². The Hall–Kier alpha value is -1.35. The fraction of sp³-hybridized carbons (Fsp3) is 0.588. The summed E-state index contributed by atoms with van der Waals surface area (Å²) in [7, 11) is 0. The summed E-state index contributed by atoms with van der Waals surface area (Å²) in [6.45, 7) is 4.36. The molecule has 2 aliphatic heterocycles. The van der Waals surface area contributed by atoms with Gasteiger partial charge in [0.2, 0.25) is 0 Å². The van der Waals surface area contributed by atoms with Crippen molar-refractivity contribution in [1.29, 1.82) is 0 Å². The molecule has 0 unspecified atom stereocenters. The van der Waals surface area contributed by atoms with E-state index in [0.29, 0.717) is 6.04 Å². The summed E-state index contributed by atoms with van der Waals surface area (Å²) >= 11 is 0. The van der Waals surface area contributed by atoms with Crippen LogP contribution >= 0.6 is 0 Å². The smallest absolute Gasteiger partial charge is 0.184 e. The van der Waals surface area contributed by atoms with E-state index in [-0.39, 0.29) is 0 Å². The van der Waals surface area contributed by atoms with Crippen LogP contribution in [0.4, 0.5) is 0 Å². The van der Waals surface area contributed by atoms with Gasteiger partial charge >= 0.3 is 0 Å². The molecule has 0 aliphatic carbocycles. The van der Waals surface area contributed by atoms with Gasteiger partial charge in [-0.1, -0.05) is 36.8 Å². The minimum atomic E-state index is 0.314. The third-order valence-electron chi connectivity index (χ3n) is 4.17. The summed E-state index contributed by atoms with van der Waals surface area (Å²) in [5, 5.41) is 0. The first kappa shape index (κ1) is 13.6. The number of benzene rings is 1. The molecule has 0 bridgehead atoms. The summed E-state index contributed by atoms with van der Waals surface area (Å²) < 4.78 is 5.75. The maximum atomic E-state index is 5.75. The van der Waals surface area contributed by atoms with Crippen molar-refractivity contribution in [3.8, 4) is 0 Å². The summed E-state index contributed by atoms with van der Waals surface area (Å²) in [4.78, 5) is 7.28. The van der Waals surface area contributed by atoms with Gasteiger partial charge in [-0.15, -0.1) is 0 Å². The molecule has 0 N–H and O–H groups in total. The summed E-state index contributed by atoms with van der Waals surface area (Å²) in [5.41, 5.74) is 1.35. The fourth-order valence-electron chi connectivity index (χ4n) is 3.03. The molecule has 0 spiro atoms. The molecule has 3 heteroatoms. The lowest BCUT2D eigenvalue weighted by Crippen LogP contribution is -2.31. The van der Waals surface area contributed by atoms with Gasteiger partial charge in [0.05, 0.1) is 6.04 Å². The Morgan fingerprint density at radius 2 is 1.90 bits per heavy atom. The summed E-state index contributed by atoms with van der Waals surface area (Å²) in [5.74, 6) is 0.969. The van der Waals surface area contributed by atoms with Crippen molar-refractivity contribution >= 4 is 5.90 Å². The molecule has 1 aromatic carbocycles. The molecule has 0 radical (unpaired) electrons. The third kappa shape index (κ3) is 3.83. The van der Waals surface area contributed by atoms with Gasteiger partial charge in [0.1, 0.15) is 6.61 Å². The molecule has 3 nitrogen and oxygen atoms in total. The molecule has 2 heterocycles. The number of hydrogen-bond donors (Lipinski definition) is 0. The predicted molar refractivity (Wildman–Crippen MR) is 82.2 cm³/mol. The average molecular weight is 272 g/mol. The number of piperidine rings is 1. The fourth-order valence-corrected chi connectivity index (χ4v) is 3.03. The minimum Gasteiger partial charge on any atom is -0.479 e. The first-order valence-electron chi connectivity index (χ1n) is 7.86. The lowest BCUT2D eigenvalue weighted by Gasteiger charge is -2.25. The quantitative estimate of drug-likeness (QED) is 0.823. The molecule has 3 rings (SSSR count). The van der Waals surface area contributed by atoms with E-state index in [4.69, 9.17) is 9.73 Å². The highest BCUT2D eigenvalue weighted by atomic mass is 16.5. The number of likely N-dealkylation sites (tertiary alicyclic amines) is 1. The molecule has 1 saturated heterocycles. The van der Waals surface area contributed by atoms with E-state index in [1.54, 1.807) is 0 Å². The summed E-state index contributed by atoms with van der Waals surface area (Å²) in [6, 6.07) is 10.9. The van der Waals surface area contributed by atoms with Crippen LogP contribution < -0.4 is 0 Å². The zero-order chi connectivity index (χ0) is 13.6. The van der Waals surface area contributed by atoms with E-state index in [0.717, 1.165) is 31.9 Å². The van der Waals surface area contributed by atoms with Crippen LogP contribution in [-0.4, -0.2) is 43.1 Å². The maximum Gasteiger partial charge on any atom is 0.184 e. The van der Waals surface area contributed by atoms with Gasteiger partial charge in [0.15, 0.2) is 5.90 Å². The highest BCUT2D eigenvalue weighted by Gasteiger charge is 2.20. The van der Waals surface area contributed by atoms with E-state index in [1.165, 1.54) is 37.9 Å². The second-order valence-corrected chi connectivity index (χ2v) is 5.83. The molecule has 1 atom stereocenters. The SMILES string of the molecule is c1ccc(C[C@H]2COC(CCN3CCCCC3)=N2)cc1. The number of aliphatic imine (C=N–C) groups is 1. The van der Waals surface area contributed by atoms with E-state index >= 15 is 0 Å². The first-order chi connectivity index (χ1) is 9.90. The lowest BCUT2D eigenvalue weighted by molar-refractivity contribution is 0.227. The standard InChI is InChI=1S/C17H24N2O/c1-3-7-15(8-4-1)13-16-14-20-17(18-16)9-12-19-10-5-2-6-11-19/h1,3-4,7-8,16H,2,5-6,9-14H2/t16-/m0/s1. The Morgan fingerprint density at radius 3 is 2.70 bits per heavy atom. The monoisotopic (exact) mass is 272 g/mol. The zero-order valence-electron chi connectivity index (χ0n) is 12.1. The number of hydrogen-bond acceptors (Lipinski definition) is 3. The number of nitrogens with zero attached hydrogens (tertiary/aromatic N) is 2. The van der Waals surface area contributed by atoms with Crippen LogP contribution in [0.15, 0.2) is 35.3 Å². The second-order valence-electron chi connectivity index (χ2n) is 5.83. The Balaban J connectivity index is 1.45. The Morgan fingerprint density at radius 1 is 1.10 bits per heavy atom. The average Bonchev–Trinajstić information content (AvgIpc) is 2.95. The molecule has 1 aromatic rings. The molecule has 1 fully saturated rings. The van der Waals surface area contributed by atoms with E-state index in [1.807, 2.05) is 0 Å². The van der Waals surface area contributed by atoms with E-state index in [2.05, 4.69) is 35.2 Å². The van der Waals surface area contributed by atoms with Gasteiger partial charge in [-0.2, -0.15) is 0 Å². The van der Waals surface area contributed by atoms with Crippen LogP contribution in [0.25, 0.3) is 0 Å². The van der Waals surface area contributed by atoms with Crippen LogP contribution in [0.3, 0.4) is 0 Å². The molecular weight excluding hydrogens is 248 g/mol. The van der Waals surface area contributed by atoms with Crippen LogP contribution in [-0.2, 0) is 11.2 Å². The highest BCUT2D eigenvalue weighted by Crippen LogP contribution is 2.14. The Labute approximate surface area is 121 Å². The van der Waals surface area contributed by atoms with E-state index in [9.17, 15) is 0 Å². The summed E-state index contributed by atoms with van der Waals surface area (Å²) in [6.07, 6.45) is 6.07. The van der Waals surface area contributed by atoms with Gasteiger partial charge in [0, 0.05) is 13.0 Å². The Bertz CT molecular complexity index is 438. The lowest BCUT2D eigenvalue weighted by atomic mass is 10.1. The van der Waals surface area contributed by atoms with Crippen LogP contribution in [0.5, 0.6) is 0 Å². The van der Waals surface area contributed by atoms with Crippen molar-refractivity contribution in [2.24, 2.45) is 4.99 Å². The normalized spacial score (nSPS) is 23.4.